The zero-order valence-electron chi connectivity index (χ0n) is 11.3. The minimum Gasteiger partial charge on any atom is -0.494 e. The molecule has 1 heterocycles. The molecule has 104 valence electrons. The van der Waals surface area contributed by atoms with Gasteiger partial charge in [-0.1, -0.05) is 6.07 Å². The number of carboxylic acids is 1. The summed E-state index contributed by atoms with van der Waals surface area (Å²) in [5, 5.41) is 9.01. The second-order valence-corrected chi connectivity index (χ2v) is 4.15. The summed E-state index contributed by atoms with van der Waals surface area (Å²) in [5.74, 6) is 0.473. The molecule has 0 amide bonds. The Morgan fingerprint density at radius 3 is 2.70 bits per heavy atom. The summed E-state index contributed by atoms with van der Waals surface area (Å²) in [7, 11) is 0. The van der Waals surface area contributed by atoms with E-state index in [4.69, 9.17) is 14.6 Å². The molecule has 0 spiro atoms. The number of pyridine rings is 1. The summed E-state index contributed by atoms with van der Waals surface area (Å²) in [5.41, 5.74) is 0.731. The summed E-state index contributed by atoms with van der Waals surface area (Å²) in [6.07, 6.45) is 0. The van der Waals surface area contributed by atoms with Gasteiger partial charge < -0.3 is 14.6 Å². The summed E-state index contributed by atoms with van der Waals surface area (Å²) < 4.78 is 11.0. The summed E-state index contributed by atoms with van der Waals surface area (Å²) >= 11 is 0. The van der Waals surface area contributed by atoms with Crippen LogP contribution in [0.2, 0.25) is 0 Å². The second-order valence-electron chi connectivity index (χ2n) is 4.15. The van der Waals surface area contributed by atoms with Crippen molar-refractivity contribution in [3.8, 4) is 17.4 Å². The van der Waals surface area contributed by atoms with Crippen LogP contribution in [0.5, 0.6) is 17.4 Å². The van der Waals surface area contributed by atoms with Gasteiger partial charge in [0, 0.05) is 17.8 Å². The highest BCUT2D eigenvalue weighted by molar-refractivity contribution is 5.88. The van der Waals surface area contributed by atoms with E-state index in [1.54, 1.807) is 25.1 Å². The lowest BCUT2D eigenvalue weighted by Crippen LogP contribution is -2.00. The van der Waals surface area contributed by atoms with Crippen molar-refractivity contribution in [2.24, 2.45) is 0 Å². The Morgan fingerprint density at radius 1 is 1.25 bits per heavy atom. The predicted molar refractivity (Wildman–Crippen MR) is 73.6 cm³/mol. The van der Waals surface area contributed by atoms with Crippen LogP contribution >= 0.6 is 0 Å². The molecule has 0 atom stereocenters. The molecule has 2 rings (SSSR count). The highest BCUT2D eigenvalue weighted by atomic mass is 16.5. The van der Waals surface area contributed by atoms with Gasteiger partial charge in [-0.15, -0.1) is 0 Å². The minimum absolute atomic E-state index is 0.147. The Morgan fingerprint density at radius 2 is 2.00 bits per heavy atom. The van der Waals surface area contributed by atoms with Gasteiger partial charge in [0.1, 0.15) is 11.5 Å². The van der Waals surface area contributed by atoms with Crippen LogP contribution in [-0.4, -0.2) is 22.7 Å². The Kier molecular flexibility index (Phi) is 4.20. The van der Waals surface area contributed by atoms with E-state index in [-0.39, 0.29) is 11.4 Å². The number of hydrogen-bond acceptors (Lipinski definition) is 4. The van der Waals surface area contributed by atoms with E-state index in [1.807, 2.05) is 13.0 Å². The number of aromatic carboxylic acids is 1. The third-order valence-corrected chi connectivity index (χ3v) is 2.52. The van der Waals surface area contributed by atoms with Crippen LogP contribution in [0.25, 0.3) is 0 Å². The molecule has 0 radical (unpaired) electrons. The molecule has 1 aromatic heterocycles. The van der Waals surface area contributed by atoms with E-state index in [2.05, 4.69) is 4.98 Å². The molecule has 0 fully saturated rings. The van der Waals surface area contributed by atoms with Gasteiger partial charge in [-0.3, -0.25) is 0 Å². The molecule has 20 heavy (non-hydrogen) atoms. The fraction of sp³-hybridized carbons (Fsp3) is 0.200. The van der Waals surface area contributed by atoms with Gasteiger partial charge in [-0.2, -0.15) is 0 Å². The smallest absolute Gasteiger partial charge is 0.335 e. The van der Waals surface area contributed by atoms with E-state index in [1.165, 1.54) is 12.1 Å². The van der Waals surface area contributed by atoms with Gasteiger partial charge >= 0.3 is 5.97 Å². The average Bonchev–Trinajstić information content (AvgIpc) is 2.38. The standard InChI is InChI=1S/C15H15NO4/c1-3-19-12-5-4-6-13(9-12)20-14-8-11(15(17)18)7-10(2)16-14/h4-9H,3H2,1-2H3,(H,17,18). The molecule has 0 saturated heterocycles. The van der Waals surface area contributed by atoms with Gasteiger partial charge in [-0.05, 0) is 32.0 Å². The van der Waals surface area contributed by atoms with Crippen LogP contribution in [0.15, 0.2) is 36.4 Å². The molecule has 1 N–H and O–H groups in total. The van der Waals surface area contributed by atoms with Crippen LogP contribution < -0.4 is 9.47 Å². The molecule has 2 aromatic rings. The average molecular weight is 273 g/mol. The molecule has 5 heteroatoms. The van der Waals surface area contributed by atoms with Crippen LogP contribution in [0, 0.1) is 6.92 Å². The summed E-state index contributed by atoms with van der Waals surface area (Å²) in [4.78, 5) is 15.2. The van der Waals surface area contributed by atoms with E-state index in [9.17, 15) is 4.79 Å². The van der Waals surface area contributed by atoms with Gasteiger partial charge in [0.25, 0.3) is 0 Å². The van der Waals surface area contributed by atoms with Crippen LogP contribution in [-0.2, 0) is 0 Å². The van der Waals surface area contributed by atoms with Crippen molar-refractivity contribution in [3.05, 3.63) is 47.7 Å². The zero-order valence-corrected chi connectivity index (χ0v) is 11.3. The first-order chi connectivity index (χ1) is 9.58. The number of aryl methyl sites for hydroxylation is 1. The lowest BCUT2D eigenvalue weighted by Gasteiger charge is -2.08. The van der Waals surface area contributed by atoms with Crippen molar-refractivity contribution in [3.63, 3.8) is 0 Å². The first kappa shape index (κ1) is 13.9. The largest absolute Gasteiger partial charge is 0.494 e. The fourth-order valence-electron chi connectivity index (χ4n) is 1.73. The molecule has 0 saturated carbocycles. The Labute approximate surface area is 116 Å². The monoisotopic (exact) mass is 273 g/mol. The normalized spacial score (nSPS) is 10.1. The van der Waals surface area contributed by atoms with Crippen molar-refractivity contribution in [2.45, 2.75) is 13.8 Å². The molecule has 0 aliphatic rings. The van der Waals surface area contributed by atoms with Crippen LogP contribution in [0.4, 0.5) is 0 Å². The molecule has 0 aliphatic carbocycles. The maximum absolute atomic E-state index is 11.0. The maximum atomic E-state index is 11.0. The number of nitrogens with zero attached hydrogens (tertiary/aromatic N) is 1. The summed E-state index contributed by atoms with van der Waals surface area (Å²) in [6, 6.07) is 9.99. The number of aromatic nitrogens is 1. The van der Waals surface area contributed by atoms with E-state index >= 15 is 0 Å². The van der Waals surface area contributed by atoms with Crippen molar-refractivity contribution in [2.75, 3.05) is 6.61 Å². The highest BCUT2D eigenvalue weighted by Gasteiger charge is 2.08. The molecule has 0 unspecified atom stereocenters. The first-order valence-electron chi connectivity index (χ1n) is 6.21. The SMILES string of the molecule is CCOc1cccc(Oc2cc(C(=O)O)cc(C)n2)c1. The number of ether oxygens (including phenoxy) is 2. The van der Waals surface area contributed by atoms with Gasteiger partial charge in [0.05, 0.1) is 12.2 Å². The highest BCUT2D eigenvalue weighted by Crippen LogP contribution is 2.25. The van der Waals surface area contributed by atoms with Crippen molar-refractivity contribution in [1.82, 2.24) is 4.98 Å². The van der Waals surface area contributed by atoms with Crippen LogP contribution in [0.3, 0.4) is 0 Å². The van der Waals surface area contributed by atoms with E-state index in [0.29, 0.717) is 23.8 Å². The Bertz CT molecular complexity index is 625. The van der Waals surface area contributed by atoms with Crippen molar-refractivity contribution < 1.29 is 19.4 Å². The molecule has 0 aliphatic heterocycles. The van der Waals surface area contributed by atoms with Crippen LogP contribution in [0.1, 0.15) is 23.0 Å². The summed E-state index contributed by atoms with van der Waals surface area (Å²) in [6.45, 7) is 4.18. The lowest BCUT2D eigenvalue weighted by atomic mass is 10.2. The fourth-order valence-corrected chi connectivity index (χ4v) is 1.73. The second kappa shape index (κ2) is 6.06. The van der Waals surface area contributed by atoms with Gasteiger partial charge in [-0.25, -0.2) is 9.78 Å². The Balaban J connectivity index is 2.25. The number of hydrogen-bond donors (Lipinski definition) is 1. The zero-order chi connectivity index (χ0) is 14.5. The van der Waals surface area contributed by atoms with Crippen molar-refractivity contribution in [1.29, 1.82) is 0 Å². The van der Waals surface area contributed by atoms with Gasteiger partial charge in [0.15, 0.2) is 0 Å². The van der Waals surface area contributed by atoms with E-state index < -0.39 is 5.97 Å². The molecular weight excluding hydrogens is 258 g/mol. The quantitative estimate of drug-likeness (QED) is 0.905. The number of carboxylic acid groups (broad SMARTS) is 1. The minimum atomic E-state index is -1.01. The predicted octanol–water partition coefficient (Wildman–Crippen LogP) is 3.28. The number of carbonyl (C=O) groups is 1. The first-order valence-corrected chi connectivity index (χ1v) is 6.21. The molecule has 5 nitrogen and oxygen atoms in total. The molecule has 0 bridgehead atoms. The molecular formula is C15H15NO4. The maximum Gasteiger partial charge on any atom is 0.335 e. The van der Waals surface area contributed by atoms with Gasteiger partial charge in [0.2, 0.25) is 5.88 Å². The Hall–Kier alpha value is -2.56. The third-order valence-electron chi connectivity index (χ3n) is 2.52. The number of benzene rings is 1. The molecule has 1 aromatic carbocycles. The van der Waals surface area contributed by atoms with E-state index in [0.717, 1.165) is 0 Å². The topological polar surface area (TPSA) is 68.7 Å². The van der Waals surface area contributed by atoms with Crippen molar-refractivity contribution >= 4 is 5.97 Å². The number of rotatable bonds is 5. The lowest BCUT2D eigenvalue weighted by molar-refractivity contribution is 0.0696. The third kappa shape index (κ3) is 3.47.